The quantitative estimate of drug-likeness (QED) is 0.631. The summed E-state index contributed by atoms with van der Waals surface area (Å²) in [5.74, 6) is 2.95. The molecule has 0 bridgehead atoms. The molecule has 2 nitrogen and oxygen atoms in total. The molecular formula is C22H36O2. The molecule has 1 heterocycles. The first kappa shape index (κ1) is 19.1. The molecule has 0 aromatic heterocycles. The Kier molecular flexibility index (Phi) is 6.22. The van der Waals surface area contributed by atoms with Crippen LogP contribution in [0, 0.1) is 25.7 Å². The normalized spacial score (nSPS) is 22.6. The molecule has 0 radical (unpaired) electrons. The lowest BCUT2D eigenvalue weighted by Gasteiger charge is -2.39. The van der Waals surface area contributed by atoms with Gasteiger partial charge in [-0.3, -0.25) is 0 Å². The molecule has 0 saturated heterocycles. The van der Waals surface area contributed by atoms with E-state index in [-0.39, 0.29) is 5.60 Å². The SMILES string of the molecule is CCCC(C)CCC(C)CC1(C)CCc2cc(O)c(C)c(C)c2O1. The van der Waals surface area contributed by atoms with Crippen LogP contribution in [0.15, 0.2) is 6.07 Å². The monoisotopic (exact) mass is 332 g/mol. The number of fused-ring (bicyclic) bond motifs is 1. The third kappa shape index (κ3) is 4.46. The van der Waals surface area contributed by atoms with Gasteiger partial charge in [0.15, 0.2) is 0 Å². The number of aromatic hydroxyl groups is 1. The number of hydrogen-bond donors (Lipinski definition) is 1. The van der Waals surface area contributed by atoms with Gasteiger partial charge in [0.2, 0.25) is 0 Å². The van der Waals surface area contributed by atoms with Crippen molar-refractivity contribution in [3.05, 3.63) is 22.8 Å². The smallest absolute Gasteiger partial charge is 0.126 e. The first-order valence-corrected chi connectivity index (χ1v) is 9.76. The van der Waals surface area contributed by atoms with Crippen molar-refractivity contribution in [2.75, 3.05) is 0 Å². The number of hydrogen-bond acceptors (Lipinski definition) is 2. The second-order valence-electron chi connectivity index (χ2n) is 8.47. The van der Waals surface area contributed by atoms with Crippen LogP contribution in [-0.4, -0.2) is 10.7 Å². The van der Waals surface area contributed by atoms with E-state index in [9.17, 15) is 5.11 Å². The summed E-state index contributed by atoms with van der Waals surface area (Å²) in [4.78, 5) is 0. The van der Waals surface area contributed by atoms with Crippen LogP contribution in [0.25, 0.3) is 0 Å². The Morgan fingerprint density at radius 2 is 1.79 bits per heavy atom. The Labute approximate surface area is 148 Å². The summed E-state index contributed by atoms with van der Waals surface area (Å²) in [5, 5.41) is 10.0. The van der Waals surface area contributed by atoms with Gasteiger partial charge >= 0.3 is 0 Å². The van der Waals surface area contributed by atoms with Crippen molar-refractivity contribution < 1.29 is 9.84 Å². The number of phenolic OH excluding ortho intramolecular Hbond substituents is 1. The van der Waals surface area contributed by atoms with E-state index in [0.717, 1.165) is 47.6 Å². The van der Waals surface area contributed by atoms with E-state index in [4.69, 9.17) is 4.74 Å². The molecule has 2 rings (SSSR count). The molecule has 0 spiro atoms. The van der Waals surface area contributed by atoms with Crippen LogP contribution in [0.4, 0.5) is 0 Å². The summed E-state index contributed by atoms with van der Waals surface area (Å²) in [7, 11) is 0. The van der Waals surface area contributed by atoms with E-state index in [1.165, 1.54) is 25.7 Å². The van der Waals surface area contributed by atoms with Crippen LogP contribution in [-0.2, 0) is 6.42 Å². The molecular weight excluding hydrogens is 296 g/mol. The molecule has 1 aliphatic rings. The molecule has 3 unspecified atom stereocenters. The lowest BCUT2D eigenvalue weighted by atomic mass is 9.82. The predicted octanol–water partition coefficient (Wildman–Crippen LogP) is 6.34. The van der Waals surface area contributed by atoms with Crippen molar-refractivity contribution in [1.82, 2.24) is 0 Å². The second kappa shape index (κ2) is 7.80. The predicted molar refractivity (Wildman–Crippen MR) is 102 cm³/mol. The van der Waals surface area contributed by atoms with Gasteiger partial charge in [0.05, 0.1) is 0 Å². The highest BCUT2D eigenvalue weighted by Crippen LogP contribution is 2.42. The number of ether oxygens (including phenoxy) is 1. The van der Waals surface area contributed by atoms with Crippen molar-refractivity contribution in [1.29, 1.82) is 0 Å². The zero-order valence-electron chi connectivity index (χ0n) is 16.5. The Hall–Kier alpha value is -1.18. The minimum atomic E-state index is -0.0748. The summed E-state index contributed by atoms with van der Waals surface area (Å²) in [6.45, 7) is 13.3. The van der Waals surface area contributed by atoms with Gasteiger partial charge in [-0.05, 0) is 74.6 Å². The van der Waals surface area contributed by atoms with Gasteiger partial charge in [-0.1, -0.05) is 46.5 Å². The van der Waals surface area contributed by atoms with Gasteiger partial charge in [-0.2, -0.15) is 0 Å². The molecule has 24 heavy (non-hydrogen) atoms. The largest absolute Gasteiger partial charge is 0.508 e. The minimum Gasteiger partial charge on any atom is -0.508 e. The molecule has 0 amide bonds. The molecule has 1 aromatic carbocycles. The van der Waals surface area contributed by atoms with Crippen molar-refractivity contribution in [2.24, 2.45) is 11.8 Å². The molecule has 1 aliphatic heterocycles. The lowest BCUT2D eigenvalue weighted by molar-refractivity contribution is 0.0387. The van der Waals surface area contributed by atoms with E-state index < -0.39 is 0 Å². The summed E-state index contributed by atoms with van der Waals surface area (Å²) in [5.41, 5.74) is 3.13. The number of rotatable bonds is 7. The summed E-state index contributed by atoms with van der Waals surface area (Å²) in [6, 6.07) is 1.90. The molecule has 3 atom stereocenters. The van der Waals surface area contributed by atoms with E-state index >= 15 is 0 Å². The molecule has 136 valence electrons. The van der Waals surface area contributed by atoms with Crippen LogP contribution >= 0.6 is 0 Å². The van der Waals surface area contributed by atoms with Gasteiger partial charge in [-0.25, -0.2) is 0 Å². The summed E-state index contributed by atoms with van der Waals surface area (Å²) >= 11 is 0. The van der Waals surface area contributed by atoms with E-state index in [1.807, 2.05) is 13.0 Å². The van der Waals surface area contributed by atoms with Crippen LogP contribution in [0.5, 0.6) is 11.5 Å². The van der Waals surface area contributed by atoms with E-state index in [1.54, 1.807) is 0 Å². The van der Waals surface area contributed by atoms with Crippen molar-refractivity contribution >= 4 is 0 Å². The van der Waals surface area contributed by atoms with Gasteiger partial charge in [0.25, 0.3) is 0 Å². The average Bonchev–Trinajstić information content (AvgIpc) is 2.52. The van der Waals surface area contributed by atoms with Crippen molar-refractivity contribution in [3.8, 4) is 11.5 Å². The fraction of sp³-hybridized carbons (Fsp3) is 0.727. The third-order valence-corrected chi connectivity index (χ3v) is 5.88. The molecule has 2 heteroatoms. The van der Waals surface area contributed by atoms with Crippen LogP contribution < -0.4 is 4.74 Å². The molecule has 1 aromatic rings. The first-order valence-electron chi connectivity index (χ1n) is 9.76. The van der Waals surface area contributed by atoms with Crippen LogP contribution in [0.2, 0.25) is 0 Å². The topological polar surface area (TPSA) is 29.5 Å². The fourth-order valence-electron chi connectivity index (χ4n) is 4.16. The fourth-order valence-corrected chi connectivity index (χ4v) is 4.16. The Balaban J connectivity index is 2.01. The van der Waals surface area contributed by atoms with Gasteiger partial charge in [-0.15, -0.1) is 0 Å². The zero-order chi connectivity index (χ0) is 17.9. The Morgan fingerprint density at radius 3 is 2.46 bits per heavy atom. The van der Waals surface area contributed by atoms with Crippen LogP contribution in [0.3, 0.4) is 0 Å². The average molecular weight is 333 g/mol. The molecule has 0 fully saturated rings. The van der Waals surface area contributed by atoms with Crippen molar-refractivity contribution in [2.45, 2.75) is 92.1 Å². The van der Waals surface area contributed by atoms with Gasteiger partial charge in [0.1, 0.15) is 17.1 Å². The number of aryl methyl sites for hydroxylation is 1. The summed E-state index contributed by atoms with van der Waals surface area (Å²) in [6.07, 6.45) is 8.41. The Morgan fingerprint density at radius 1 is 1.12 bits per heavy atom. The number of benzene rings is 1. The molecule has 0 aliphatic carbocycles. The zero-order valence-corrected chi connectivity index (χ0v) is 16.5. The van der Waals surface area contributed by atoms with Crippen LogP contribution in [0.1, 0.15) is 82.9 Å². The molecule has 1 N–H and O–H groups in total. The second-order valence-corrected chi connectivity index (χ2v) is 8.47. The van der Waals surface area contributed by atoms with Gasteiger partial charge in [0, 0.05) is 0 Å². The lowest BCUT2D eigenvalue weighted by Crippen LogP contribution is -2.38. The molecule has 0 saturated carbocycles. The maximum Gasteiger partial charge on any atom is 0.126 e. The summed E-state index contributed by atoms with van der Waals surface area (Å²) < 4.78 is 6.50. The minimum absolute atomic E-state index is 0.0748. The first-order chi connectivity index (χ1) is 11.3. The third-order valence-electron chi connectivity index (χ3n) is 5.88. The maximum atomic E-state index is 10.0. The highest BCUT2D eigenvalue weighted by atomic mass is 16.5. The van der Waals surface area contributed by atoms with E-state index in [2.05, 4.69) is 34.6 Å². The highest BCUT2D eigenvalue weighted by molar-refractivity contribution is 5.53. The highest BCUT2D eigenvalue weighted by Gasteiger charge is 2.34. The van der Waals surface area contributed by atoms with E-state index in [0.29, 0.717) is 11.7 Å². The maximum absolute atomic E-state index is 10.0. The standard InChI is InChI=1S/C22H36O2/c1-7-8-15(2)9-10-16(3)14-22(6)12-11-19-13-20(23)17(4)18(5)21(19)24-22/h13,15-16,23H,7-12,14H2,1-6H3. The Bertz CT molecular complexity index is 564. The van der Waals surface area contributed by atoms with Gasteiger partial charge < -0.3 is 9.84 Å². The number of phenols is 1. The van der Waals surface area contributed by atoms with Crippen molar-refractivity contribution in [3.63, 3.8) is 0 Å².